The SMILES string of the molecule is CCOC(=O)c1csc(NCC2(SC)CC2)n1. The van der Waals surface area contributed by atoms with Gasteiger partial charge in [-0.1, -0.05) is 0 Å². The van der Waals surface area contributed by atoms with Crippen LogP contribution in [-0.2, 0) is 4.74 Å². The molecule has 0 unspecified atom stereocenters. The molecule has 0 spiro atoms. The second-order valence-corrected chi connectivity index (χ2v) is 6.13. The van der Waals surface area contributed by atoms with Crippen molar-refractivity contribution in [2.45, 2.75) is 24.5 Å². The van der Waals surface area contributed by atoms with E-state index in [1.807, 2.05) is 11.8 Å². The Morgan fingerprint density at radius 1 is 1.71 bits per heavy atom. The van der Waals surface area contributed by atoms with Crippen LogP contribution in [0.15, 0.2) is 5.38 Å². The maximum absolute atomic E-state index is 11.4. The average molecular weight is 272 g/mol. The molecule has 1 aromatic rings. The molecule has 0 amide bonds. The fourth-order valence-electron chi connectivity index (χ4n) is 1.48. The van der Waals surface area contributed by atoms with Gasteiger partial charge in [0.2, 0.25) is 0 Å². The Balaban J connectivity index is 1.88. The summed E-state index contributed by atoms with van der Waals surface area (Å²) >= 11 is 3.35. The van der Waals surface area contributed by atoms with Crippen LogP contribution in [0.5, 0.6) is 0 Å². The molecule has 17 heavy (non-hydrogen) atoms. The second-order valence-electron chi connectivity index (χ2n) is 4.00. The molecule has 0 atom stereocenters. The molecule has 1 N–H and O–H groups in total. The zero-order chi connectivity index (χ0) is 12.3. The van der Waals surface area contributed by atoms with Crippen molar-refractivity contribution in [2.75, 3.05) is 24.7 Å². The maximum atomic E-state index is 11.4. The molecule has 1 aromatic heterocycles. The van der Waals surface area contributed by atoms with Gasteiger partial charge in [-0.2, -0.15) is 11.8 Å². The number of hydrogen-bond donors (Lipinski definition) is 1. The van der Waals surface area contributed by atoms with Crippen LogP contribution in [0, 0.1) is 0 Å². The quantitative estimate of drug-likeness (QED) is 0.807. The summed E-state index contributed by atoms with van der Waals surface area (Å²) in [6, 6.07) is 0. The number of esters is 1. The molecule has 0 bridgehead atoms. The van der Waals surface area contributed by atoms with E-state index in [0.29, 0.717) is 17.0 Å². The summed E-state index contributed by atoms with van der Waals surface area (Å²) in [5, 5.41) is 5.83. The molecule has 94 valence electrons. The van der Waals surface area contributed by atoms with Crippen molar-refractivity contribution in [3.8, 4) is 0 Å². The van der Waals surface area contributed by atoms with Crippen LogP contribution in [0.4, 0.5) is 5.13 Å². The number of carbonyl (C=O) groups is 1. The average Bonchev–Trinajstić information content (AvgIpc) is 2.96. The maximum Gasteiger partial charge on any atom is 0.357 e. The van der Waals surface area contributed by atoms with Crippen LogP contribution in [-0.4, -0.2) is 35.1 Å². The zero-order valence-corrected chi connectivity index (χ0v) is 11.6. The third-order valence-electron chi connectivity index (χ3n) is 2.79. The molecular formula is C11H16N2O2S2. The lowest BCUT2D eigenvalue weighted by atomic mass is 10.4. The summed E-state index contributed by atoms with van der Waals surface area (Å²) in [5.41, 5.74) is 0.397. The minimum atomic E-state index is -0.345. The first-order valence-electron chi connectivity index (χ1n) is 5.61. The third-order valence-corrected chi connectivity index (χ3v) is 5.01. The number of aromatic nitrogens is 1. The molecule has 1 heterocycles. The highest BCUT2D eigenvalue weighted by molar-refractivity contribution is 8.00. The van der Waals surface area contributed by atoms with E-state index in [0.717, 1.165) is 11.7 Å². The van der Waals surface area contributed by atoms with Crippen LogP contribution in [0.3, 0.4) is 0 Å². The fraction of sp³-hybridized carbons (Fsp3) is 0.636. The molecule has 0 aromatic carbocycles. The van der Waals surface area contributed by atoms with Gasteiger partial charge in [-0.05, 0) is 26.0 Å². The molecule has 2 rings (SSSR count). The topological polar surface area (TPSA) is 51.2 Å². The first-order valence-corrected chi connectivity index (χ1v) is 7.71. The molecule has 6 heteroatoms. The van der Waals surface area contributed by atoms with E-state index in [9.17, 15) is 4.79 Å². The first kappa shape index (κ1) is 12.7. The second kappa shape index (κ2) is 5.27. The fourth-order valence-corrected chi connectivity index (χ4v) is 2.89. The number of thiazole rings is 1. The predicted octanol–water partition coefficient (Wildman–Crippen LogP) is 2.63. The molecule has 1 aliphatic rings. The number of carbonyl (C=O) groups excluding carboxylic acids is 1. The van der Waals surface area contributed by atoms with Crippen molar-refractivity contribution < 1.29 is 9.53 Å². The Morgan fingerprint density at radius 2 is 2.47 bits per heavy atom. The summed E-state index contributed by atoms with van der Waals surface area (Å²) in [6.45, 7) is 3.09. The van der Waals surface area contributed by atoms with Gasteiger partial charge in [0.1, 0.15) is 0 Å². The Kier molecular flexibility index (Phi) is 3.93. The molecule has 1 saturated carbocycles. The number of hydrogen-bond acceptors (Lipinski definition) is 6. The van der Waals surface area contributed by atoms with Crippen molar-refractivity contribution in [1.82, 2.24) is 4.98 Å². The van der Waals surface area contributed by atoms with E-state index in [-0.39, 0.29) is 5.97 Å². The highest BCUT2D eigenvalue weighted by Gasteiger charge is 2.41. The van der Waals surface area contributed by atoms with E-state index < -0.39 is 0 Å². The number of anilines is 1. The van der Waals surface area contributed by atoms with E-state index >= 15 is 0 Å². The van der Waals surface area contributed by atoms with Crippen molar-refractivity contribution in [2.24, 2.45) is 0 Å². The Morgan fingerprint density at radius 3 is 3.06 bits per heavy atom. The zero-order valence-electron chi connectivity index (χ0n) is 9.99. The third kappa shape index (κ3) is 3.13. The summed E-state index contributed by atoms with van der Waals surface area (Å²) in [6.07, 6.45) is 4.66. The van der Waals surface area contributed by atoms with Crippen molar-refractivity contribution in [3.05, 3.63) is 11.1 Å². The lowest BCUT2D eigenvalue weighted by Gasteiger charge is -2.11. The number of nitrogens with zero attached hydrogens (tertiary/aromatic N) is 1. The summed E-state index contributed by atoms with van der Waals surface area (Å²) in [5.74, 6) is -0.345. The van der Waals surface area contributed by atoms with E-state index in [2.05, 4.69) is 16.6 Å². The van der Waals surface area contributed by atoms with E-state index in [4.69, 9.17) is 4.74 Å². The number of ether oxygens (including phenoxy) is 1. The monoisotopic (exact) mass is 272 g/mol. The van der Waals surface area contributed by atoms with Gasteiger partial charge in [-0.3, -0.25) is 0 Å². The van der Waals surface area contributed by atoms with E-state index in [1.54, 1.807) is 12.3 Å². The van der Waals surface area contributed by atoms with Gasteiger partial charge in [0.05, 0.1) is 6.61 Å². The Hall–Kier alpha value is -0.750. The molecule has 0 saturated heterocycles. The molecular weight excluding hydrogens is 256 g/mol. The van der Waals surface area contributed by atoms with Crippen molar-refractivity contribution >= 4 is 34.2 Å². The minimum Gasteiger partial charge on any atom is -0.461 e. The lowest BCUT2D eigenvalue weighted by Crippen LogP contribution is -2.17. The molecule has 0 radical (unpaired) electrons. The van der Waals surface area contributed by atoms with Gasteiger partial charge in [0.15, 0.2) is 10.8 Å². The number of nitrogens with one attached hydrogen (secondary N) is 1. The number of rotatable bonds is 6. The normalized spacial score (nSPS) is 16.6. The van der Waals surface area contributed by atoms with Crippen LogP contribution >= 0.6 is 23.1 Å². The van der Waals surface area contributed by atoms with Gasteiger partial charge >= 0.3 is 5.97 Å². The smallest absolute Gasteiger partial charge is 0.357 e. The van der Waals surface area contributed by atoms with Crippen LogP contribution in [0.25, 0.3) is 0 Å². The summed E-state index contributed by atoms with van der Waals surface area (Å²) in [7, 11) is 0. The van der Waals surface area contributed by atoms with Gasteiger partial charge in [-0.15, -0.1) is 11.3 Å². The molecule has 0 aliphatic heterocycles. The Bertz CT molecular complexity index is 402. The molecule has 4 nitrogen and oxygen atoms in total. The van der Waals surface area contributed by atoms with Crippen molar-refractivity contribution in [3.63, 3.8) is 0 Å². The van der Waals surface area contributed by atoms with Crippen molar-refractivity contribution in [1.29, 1.82) is 0 Å². The molecule has 1 aliphatic carbocycles. The van der Waals surface area contributed by atoms with Gasteiger partial charge in [0.25, 0.3) is 0 Å². The Labute approximate surface area is 109 Å². The standard InChI is InChI=1S/C11H16N2O2S2/c1-3-15-9(14)8-6-17-10(13-8)12-7-11(16-2)4-5-11/h6H,3-5,7H2,1-2H3,(H,12,13). The summed E-state index contributed by atoms with van der Waals surface area (Å²) < 4.78 is 5.29. The van der Waals surface area contributed by atoms with Gasteiger partial charge in [-0.25, -0.2) is 9.78 Å². The highest BCUT2D eigenvalue weighted by Crippen LogP contribution is 2.47. The van der Waals surface area contributed by atoms with Crippen LogP contribution < -0.4 is 5.32 Å². The highest BCUT2D eigenvalue weighted by atomic mass is 32.2. The number of thioether (sulfide) groups is 1. The minimum absolute atomic E-state index is 0.345. The molecule has 1 fully saturated rings. The van der Waals surface area contributed by atoms with E-state index in [1.165, 1.54) is 24.2 Å². The predicted molar refractivity (Wildman–Crippen MR) is 72.0 cm³/mol. The van der Waals surface area contributed by atoms with Crippen LogP contribution in [0.2, 0.25) is 0 Å². The largest absolute Gasteiger partial charge is 0.461 e. The van der Waals surface area contributed by atoms with Crippen LogP contribution in [0.1, 0.15) is 30.3 Å². The van der Waals surface area contributed by atoms with Gasteiger partial charge < -0.3 is 10.1 Å². The summed E-state index contributed by atoms with van der Waals surface area (Å²) in [4.78, 5) is 15.6. The van der Waals surface area contributed by atoms with Gasteiger partial charge in [0, 0.05) is 16.7 Å². The first-order chi connectivity index (χ1) is 8.19. The lowest BCUT2D eigenvalue weighted by molar-refractivity contribution is 0.0520.